The molecular formula is C34H30N2O10. The lowest BCUT2D eigenvalue weighted by Crippen LogP contribution is -2.24. The second-order valence-corrected chi connectivity index (χ2v) is 10.7. The number of rotatable bonds is 12. The summed E-state index contributed by atoms with van der Waals surface area (Å²) in [6.45, 7) is 5.00. The Morgan fingerprint density at radius 3 is 1.28 bits per heavy atom. The van der Waals surface area contributed by atoms with Crippen molar-refractivity contribution < 1.29 is 39.1 Å². The van der Waals surface area contributed by atoms with Gasteiger partial charge < -0.3 is 19.7 Å². The third-order valence-electron chi connectivity index (χ3n) is 7.72. The van der Waals surface area contributed by atoms with Gasteiger partial charge in [0.1, 0.15) is 34.1 Å². The molecule has 0 aromatic heterocycles. The van der Waals surface area contributed by atoms with Crippen molar-refractivity contribution >= 4 is 22.9 Å². The molecule has 0 heterocycles. The molecule has 0 saturated carbocycles. The van der Waals surface area contributed by atoms with Gasteiger partial charge in [-0.2, -0.15) is 0 Å². The number of benzene rings is 4. The van der Waals surface area contributed by atoms with Gasteiger partial charge in [0.05, 0.1) is 34.2 Å². The number of nitrogens with zero attached hydrogens (tertiary/aromatic N) is 2. The molecule has 0 saturated heterocycles. The van der Waals surface area contributed by atoms with Crippen molar-refractivity contribution in [1.29, 1.82) is 0 Å². The topological polar surface area (TPSA) is 179 Å². The maximum absolute atomic E-state index is 14.1. The molecule has 236 valence electrons. The third-order valence-corrected chi connectivity index (χ3v) is 7.72. The van der Waals surface area contributed by atoms with Crippen LogP contribution < -0.4 is 9.47 Å². The molecule has 0 radical (unpaired) electrons. The van der Waals surface area contributed by atoms with Crippen LogP contribution in [-0.4, -0.2) is 44.8 Å². The van der Waals surface area contributed by atoms with Crippen LogP contribution in [0.15, 0.2) is 60.7 Å². The summed E-state index contributed by atoms with van der Waals surface area (Å²) < 4.78 is 11.3. The van der Waals surface area contributed by atoms with Gasteiger partial charge in [-0.1, -0.05) is 51.0 Å². The van der Waals surface area contributed by atoms with Crippen molar-refractivity contribution in [1.82, 2.24) is 0 Å². The van der Waals surface area contributed by atoms with Crippen molar-refractivity contribution in [2.24, 2.45) is 0 Å². The molecule has 0 bridgehead atoms. The number of aromatic hydroxyl groups is 2. The van der Waals surface area contributed by atoms with Crippen LogP contribution in [0.25, 0.3) is 22.3 Å². The van der Waals surface area contributed by atoms with E-state index in [-0.39, 0.29) is 22.3 Å². The van der Waals surface area contributed by atoms with Crippen molar-refractivity contribution in [3.05, 3.63) is 103 Å². The molecule has 12 heteroatoms. The van der Waals surface area contributed by atoms with E-state index in [0.717, 1.165) is 37.8 Å². The summed E-state index contributed by atoms with van der Waals surface area (Å²) >= 11 is 0. The number of ether oxygens (including phenoxy) is 2. The number of carbonyl (C=O) groups is 2. The summed E-state index contributed by atoms with van der Waals surface area (Å²) in [6, 6.07) is 14.4. The van der Waals surface area contributed by atoms with Crippen LogP contribution in [0.5, 0.6) is 23.0 Å². The zero-order valence-corrected chi connectivity index (χ0v) is 25.1. The first-order valence-electron chi connectivity index (χ1n) is 14.7. The molecule has 0 amide bonds. The molecule has 46 heavy (non-hydrogen) atoms. The number of nitro benzene ring substituents is 2. The van der Waals surface area contributed by atoms with Crippen LogP contribution >= 0.6 is 0 Å². The van der Waals surface area contributed by atoms with Crippen LogP contribution in [0.2, 0.25) is 0 Å². The highest BCUT2D eigenvalue weighted by Gasteiger charge is 2.45. The van der Waals surface area contributed by atoms with E-state index in [1.807, 2.05) is 13.8 Å². The zero-order valence-electron chi connectivity index (χ0n) is 25.1. The van der Waals surface area contributed by atoms with Crippen molar-refractivity contribution in [2.45, 2.75) is 39.5 Å². The Morgan fingerprint density at radius 2 is 0.957 bits per heavy atom. The van der Waals surface area contributed by atoms with Gasteiger partial charge in [0.2, 0.25) is 11.6 Å². The molecular weight excluding hydrogens is 596 g/mol. The first kappa shape index (κ1) is 31.6. The Morgan fingerprint density at radius 1 is 0.609 bits per heavy atom. The van der Waals surface area contributed by atoms with Gasteiger partial charge in [-0.3, -0.25) is 29.8 Å². The summed E-state index contributed by atoms with van der Waals surface area (Å²) in [5.74, 6) is -2.86. The standard InChI is InChI=1S/C34H30N2O10/c1-3-5-15-45-21-11-7-19(8-12-21)23-17-25(35(41)42)27-29(31(23)37)34(40)30-28(33(27)39)26(36(43)44)18-24(32(30)38)20-9-13-22(14-10-20)46-16-6-4-2/h7-14,17-18,37-38H,3-6,15-16H2,1-2H3. The first-order chi connectivity index (χ1) is 22.1. The fourth-order valence-corrected chi connectivity index (χ4v) is 5.33. The van der Waals surface area contributed by atoms with E-state index >= 15 is 0 Å². The second-order valence-electron chi connectivity index (χ2n) is 10.7. The molecule has 0 atom stereocenters. The maximum atomic E-state index is 14.1. The highest BCUT2D eigenvalue weighted by atomic mass is 16.6. The van der Waals surface area contributed by atoms with Gasteiger partial charge in [0.25, 0.3) is 11.4 Å². The number of phenolic OH excluding ortho intramolecular Hbond substituents is 2. The van der Waals surface area contributed by atoms with Crippen LogP contribution in [0.4, 0.5) is 11.4 Å². The van der Waals surface area contributed by atoms with Crippen LogP contribution in [-0.2, 0) is 0 Å². The highest BCUT2D eigenvalue weighted by molar-refractivity contribution is 6.33. The Kier molecular flexibility index (Phi) is 8.99. The van der Waals surface area contributed by atoms with E-state index < -0.39 is 66.5 Å². The molecule has 0 spiro atoms. The highest BCUT2D eigenvalue weighted by Crippen LogP contribution is 2.49. The second kappa shape index (κ2) is 13.1. The van der Waals surface area contributed by atoms with E-state index in [0.29, 0.717) is 24.7 Å². The van der Waals surface area contributed by atoms with E-state index in [2.05, 4.69) is 0 Å². The van der Waals surface area contributed by atoms with Crippen LogP contribution in [0, 0.1) is 20.2 Å². The quantitative estimate of drug-likeness (QED) is 0.0806. The minimum atomic E-state index is -1.24. The summed E-state index contributed by atoms with van der Waals surface area (Å²) in [4.78, 5) is 50.5. The first-order valence-corrected chi connectivity index (χ1v) is 14.7. The predicted octanol–water partition coefficient (Wildman–Crippen LogP) is 7.38. The molecule has 2 N–H and O–H groups in total. The van der Waals surface area contributed by atoms with Gasteiger partial charge in [0.15, 0.2) is 0 Å². The molecule has 4 aromatic rings. The van der Waals surface area contributed by atoms with E-state index in [9.17, 15) is 40.0 Å². The van der Waals surface area contributed by atoms with E-state index in [1.54, 1.807) is 24.3 Å². The smallest absolute Gasteiger partial charge is 0.282 e. The Bertz CT molecular complexity index is 1730. The molecule has 4 aromatic carbocycles. The summed E-state index contributed by atoms with van der Waals surface area (Å²) in [7, 11) is 0. The maximum Gasteiger partial charge on any atom is 0.282 e. The molecule has 0 aliphatic heterocycles. The van der Waals surface area contributed by atoms with Crippen LogP contribution in [0.1, 0.15) is 71.4 Å². The molecule has 12 nitrogen and oxygen atoms in total. The SMILES string of the molecule is CCCCOc1ccc(-c2cc([N+](=O)[O-])c3c(c2O)C(=O)c2c(O)c(-c4ccc(OCCCC)cc4)cc([N+](=O)[O-])c2C3=O)cc1. The minimum Gasteiger partial charge on any atom is -0.506 e. The lowest BCUT2D eigenvalue weighted by Gasteiger charge is -2.22. The number of phenols is 2. The Balaban J connectivity index is 1.66. The Hall–Kier alpha value is -5.78. The van der Waals surface area contributed by atoms with Gasteiger partial charge >= 0.3 is 0 Å². The molecule has 5 rings (SSSR count). The van der Waals surface area contributed by atoms with Gasteiger partial charge in [-0.15, -0.1) is 0 Å². The van der Waals surface area contributed by atoms with Crippen molar-refractivity contribution in [2.75, 3.05) is 13.2 Å². The van der Waals surface area contributed by atoms with Gasteiger partial charge in [-0.25, -0.2) is 0 Å². The fraction of sp³-hybridized carbons (Fsp3) is 0.235. The number of fused-ring (bicyclic) bond motifs is 2. The number of hydrogen-bond donors (Lipinski definition) is 2. The fourth-order valence-electron chi connectivity index (χ4n) is 5.33. The van der Waals surface area contributed by atoms with Crippen molar-refractivity contribution in [3.8, 4) is 45.3 Å². The average molecular weight is 627 g/mol. The van der Waals surface area contributed by atoms with E-state index in [1.165, 1.54) is 24.3 Å². The van der Waals surface area contributed by atoms with Gasteiger partial charge in [0, 0.05) is 23.3 Å². The van der Waals surface area contributed by atoms with Gasteiger partial charge in [-0.05, 0) is 48.2 Å². The average Bonchev–Trinajstić information content (AvgIpc) is 3.04. The summed E-state index contributed by atoms with van der Waals surface area (Å²) in [6.07, 6.45) is 3.54. The summed E-state index contributed by atoms with van der Waals surface area (Å²) in [5.41, 5.74) is -4.40. The third kappa shape index (κ3) is 5.72. The molecule has 0 unspecified atom stereocenters. The largest absolute Gasteiger partial charge is 0.506 e. The number of ketones is 2. The molecule has 0 fully saturated rings. The number of nitro groups is 2. The lowest BCUT2D eigenvalue weighted by molar-refractivity contribution is -0.385. The number of carbonyl (C=O) groups excluding carboxylic acids is 2. The summed E-state index contributed by atoms with van der Waals surface area (Å²) in [5, 5.41) is 47.2. The van der Waals surface area contributed by atoms with E-state index in [4.69, 9.17) is 9.47 Å². The lowest BCUT2D eigenvalue weighted by atomic mass is 9.78. The minimum absolute atomic E-state index is 0.126. The molecule has 1 aliphatic rings. The molecule has 1 aliphatic carbocycles. The number of hydrogen-bond acceptors (Lipinski definition) is 10. The Labute approximate surface area is 263 Å². The number of unbranched alkanes of at least 4 members (excludes halogenated alkanes) is 2. The van der Waals surface area contributed by atoms with Crippen molar-refractivity contribution in [3.63, 3.8) is 0 Å². The normalized spacial score (nSPS) is 12.0. The monoisotopic (exact) mass is 626 g/mol. The predicted molar refractivity (Wildman–Crippen MR) is 168 cm³/mol. The van der Waals surface area contributed by atoms with Crippen LogP contribution in [0.3, 0.4) is 0 Å². The zero-order chi connectivity index (χ0) is 33.1.